The number of aliphatic hydroxyl groups is 1. The Kier molecular flexibility index (Phi) is 3.02. The molecule has 0 saturated carbocycles. The molecule has 2 unspecified atom stereocenters. The lowest BCUT2D eigenvalue weighted by Gasteiger charge is -2.48. The molecule has 2 bridgehead atoms. The average molecular weight is 310 g/mol. The van der Waals surface area contributed by atoms with Crippen LogP contribution in [0, 0.1) is 5.92 Å². The molecule has 112 valence electrons. The van der Waals surface area contributed by atoms with E-state index in [0.29, 0.717) is 18.0 Å². The number of H-pyrrole nitrogens is 1. The van der Waals surface area contributed by atoms with Crippen LogP contribution in [-0.4, -0.2) is 55.0 Å². The van der Waals surface area contributed by atoms with Crippen molar-refractivity contribution in [2.75, 3.05) is 13.1 Å². The van der Waals surface area contributed by atoms with Gasteiger partial charge in [-0.2, -0.15) is 5.10 Å². The predicted octanol–water partition coefficient (Wildman–Crippen LogP) is 0.228. The molecule has 2 aromatic heterocycles. The van der Waals surface area contributed by atoms with Gasteiger partial charge in [-0.25, -0.2) is 4.98 Å². The molecule has 0 aromatic carbocycles. The predicted molar refractivity (Wildman–Crippen MR) is 77.3 cm³/mol. The van der Waals surface area contributed by atoms with Gasteiger partial charge in [0.05, 0.1) is 24.9 Å². The van der Waals surface area contributed by atoms with Crippen molar-refractivity contribution in [1.29, 1.82) is 0 Å². The van der Waals surface area contributed by atoms with Crippen LogP contribution in [0.5, 0.6) is 0 Å². The maximum Gasteiger partial charge on any atom is 0.280 e. The Morgan fingerprint density at radius 2 is 2.19 bits per heavy atom. The Balaban J connectivity index is 1.65. The lowest BCUT2D eigenvalue weighted by molar-refractivity contribution is -0.0784. The molecule has 0 aliphatic carbocycles. The van der Waals surface area contributed by atoms with Gasteiger partial charge in [-0.1, -0.05) is 0 Å². The van der Waals surface area contributed by atoms with Crippen LogP contribution in [0.15, 0.2) is 11.0 Å². The zero-order chi connectivity index (χ0) is 14.6. The molecule has 0 amide bonds. The fraction of sp³-hybridized carbons (Fsp3) is 0.615. The summed E-state index contributed by atoms with van der Waals surface area (Å²) in [6.07, 6.45) is 3.52. The fourth-order valence-corrected chi connectivity index (χ4v) is 3.75. The Hall–Kier alpha value is -1.44. The molecule has 3 aliphatic heterocycles. The molecule has 3 fully saturated rings. The van der Waals surface area contributed by atoms with Crippen molar-refractivity contribution in [3.8, 4) is 0 Å². The molecule has 3 aliphatic rings. The zero-order valence-electron chi connectivity index (χ0n) is 11.4. The number of nitrogens with one attached hydrogen (secondary N) is 1. The minimum atomic E-state index is -0.338. The Labute approximate surface area is 125 Å². The second kappa shape index (κ2) is 4.79. The van der Waals surface area contributed by atoms with Crippen molar-refractivity contribution >= 4 is 22.6 Å². The van der Waals surface area contributed by atoms with Gasteiger partial charge >= 0.3 is 0 Å². The van der Waals surface area contributed by atoms with Gasteiger partial charge in [0.15, 0.2) is 5.52 Å². The number of hydrogen-bond donors (Lipinski definition) is 2. The van der Waals surface area contributed by atoms with Gasteiger partial charge in [-0.15, -0.1) is 0 Å². The third-order valence-electron chi connectivity index (χ3n) is 4.69. The van der Waals surface area contributed by atoms with Crippen LogP contribution in [-0.2, 0) is 6.54 Å². The SMILES string of the molecule is O=c1[nH]c(Cl)nc2cn(CC3C(O)C4CCN3CC4)nc12. The van der Waals surface area contributed by atoms with E-state index < -0.39 is 0 Å². The molecule has 2 N–H and O–H groups in total. The monoisotopic (exact) mass is 309 g/mol. The highest BCUT2D eigenvalue weighted by atomic mass is 35.5. The van der Waals surface area contributed by atoms with Gasteiger partial charge in [-0.3, -0.25) is 19.4 Å². The van der Waals surface area contributed by atoms with E-state index in [9.17, 15) is 9.90 Å². The van der Waals surface area contributed by atoms with E-state index in [1.54, 1.807) is 10.9 Å². The average Bonchev–Trinajstić information content (AvgIpc) is 2.86. The van der Waals surface area contributed by atoms with Crippen LogP contribution < -0.4 is 5.56 Å². The van der Waals surface area contributed by atoms with E-state index >= 15 is 0 Å². The zero-order valence-corrected chi connectivity index (χ0v) is 12.1. The third-order valence-corrected chi connectivity index (χ3v) is 4.87. The van der Waals surface area contributed by atoms with Crippen molar-refractivity contribution in [3.63, 3.8) is 0 Å². The van der Waals surface area contributed by atoms with Gasteiger partial charge in [0, 0.05) is 0 Å². The van der Waals surface area contributed by atoms with E-state index in [0.717, 1.165) is 25.9 Å². The van der Waals surface area contributed by atoms with Gasteiger partial charge < -0.3 is 5.11 Å². The van der Waals surface area contributed by atoms with Crippen LogP contribution in [0.1, 0.15) is 12.8 Å². The summed E-state index contributed by atoms with van der Waals surface area (Å²) in [6.45, 7) is 2.61. The van der Waals surface area contributed by atoms with E-state index in [2.05, 4.69) is 20.0 Å². The van der Waals surface area contributed by atoms with Crippen molar-refractivity contribution in [2.45, 2.75) is 31.5 Å². The molecular formula is C13H16ClN5O2. The largest absolute Gasteiger partial charge is 0.391 e. The van der Waals surface area contributed by atoms with Gasteiger partial charge in [0.1, 0.15) is 5.52 Å². The van der Waals surface area contributed by atoms with Crippen LogP contribution in [0.2, 0.25) is 5.28 Å². The van der Waals surface area contributed by atoms with Crippen LogP contribution >= 0.6 is 11.6 Å². The van der Waals surface area contributed by atoms with Gasteiger partial charge in [0.25, 0.3) is 5.56 Å². The summed E-state index contributed by atoms with van der Waals surface area (Å²) in [4.78, 5) is 20.6. The van der Waals surface area contributed by atoms with Crippen LogP contribution in [0.4, 0.5) is 0 Å². The molecule has 3 saturated heterocycles. The molecule has 2 atom stereocenters. The van der Waals surface area contributed by atoms with Gasteiger partial charge in [-0.05, 0) is 43.5 Å². The van der Waals surface area contributed by atoms with Crippen LogP contribution in [0.25, 0.3) is 11.0 Å². The summed E-state index contributed by atoms with van der Waals surface area (Å²) >= 11 is 5.75. The summed E-state index contributed by atoms with van der Waals surface area (Å²) in [5, 5.41) is 14.7. The summed E-state index contributed by atoms with van der Waals surface area (Å²) in [7, 11) is 0. The first-order chi connectivity index (χ1) is 10.1. The first-order valence-corrected chi connectivity index (χ1v) is 7.55. The third kappa shape index (κ3) is 2.16. The number of halogens is 1. The number of rotatable bonds is 2. The fourth-order valence-electron chi connectivity index (χ4n) is 3.57. The second-order valence-electron chi connectivity index (χ2n) is 5.87. The number of fused-ring (bicyclic) bond motifs is 4. The maximum absolute atomic E-state index is 11.8. The number of aliphatic hydroxyl groups excluding tert-OH is 1. The highest BCUT2D eigenvalue weighted by molar-refractivity contribution is 6.28. The molecule has 21 heavy (non-hydrogen) atoms. The highest BCUT2D eigenvalue weighted by Gasteiger charge is 2.41. The molecule has 0 spiro atoms. The van der Waals surface area contributed by atoms with Crippen molar-refractivity contribution < 1.29 is 5.11 Å². The second-order valence-corrected chi connectivity index (χ2v) is 6.23. The molecule has 7 nitrogen and oxygen atoms in total. The minimum Gasteiger partial charge on any atom is -0.391 e. The maximum atomic E-state index is 11.8. The number of piperidine rings is 3. The first-order valence-electron chi connectivity index (χ1n) is 7.17. The molecule has 0 radical (unpaired) electrons. The number of hydrogen-bond acceptors (Lipinski definition) is 5. The first kappa shape index (κ1) is 13.2. The smallest absolute Gasteiger partial charge is 0.280 e. The number of aromatic nitrogens is 4. The van der Waals surface area contributed by atoms with E-state index in [1.807, 2.05) is 0 Å². The number of aromatic amines is 1. The molecule has 8 heteroatoms. The quantitative estimate of drug-likeness (QED) is 0.775. The van der Waals surface area contributed by atoms with Crippen molar-refractivity contribution in [2.24, 2.45) is 5.92 Å². The summed E-state index contributed by atoms with van der Waals surface area (Å²) in [5.41, 5.74) is 0.425. The Bertz CT molecular complexity index is 732. The van der Waals surface area contributed by atoms with E-state index in [1.165, 1.54) is 0 Å². The molecule has 2 aromatic rings. The summed E-state index contributed by atoms with van der Waals surface area (Å²) in [5.74, 6) is 0.390. The summed E-state index contributed by atoms with van der Waals surface area (Å²) in [6, 6.07) is 0.0568. The van der Waals surface area contributed by atoms with E-state index in [-0.39, 0.29) is 28.5 Å². The Morgan fingerprint density at radius 1 is 1.43 bits per heavy atom. The topological polar surface area (TPSA) is 87.0 Å². The molecule has 5 heterocycles. The standard InChI is InChI=1S/C13H16ClN5O2/c14-13-15-8-5-19(17-10(8)12(21)16-13)6-9-11(20)7-1-3-18(9)4-2-7/h5,7,9,11,20H,1-4,6H2,(H,15,16,21). The molecular weight excluding hydrogens is 294 g/mol. The highest BCUT2D eigenvalue weighted by Crippen LogP contribution is 2.32. The molecule has 5 rings (SSSR count). The van der Waals surface area contributed by atoms with Gasteiger partial charge in [0.2, 0.25) is 5.28 Å². The normalized spacial score (nSPS) is 31.9. The lowest BCUT2D eigenvalue weighted by atomic mass is 9.80. The Morgan fingerprint density at radius 3 is 2.90 bits per heavy atom. The van der Waals surface area contributed by atoms with Crippen molar-refractivity contribution in [1.82, 2.24) is 24.6 Å². The van der Waals surface area contributed by atoms with Crippen molar-refractivity contribution in [3.05, 3.63) is 21.8 Å². The minimum absolute atomic E-state index is 0.0568. The lowest BCUT2D eigenvalue weighted by Crippen LogP contribution is -2.59. The summed E-state index contributed by atoms with van der Waals surface area (Å²) < 4.78 is 1.69. The number of nitrogens with zero attached hydrogens (tertiary/aromatic N) is 4. The van der Waals surface area contributed by atoms with Crippen LogP contribution in [0.3, 0.4) is 0 Å². The van der Waals surface area contributed by atoms with E-state index in [4.69, 9.17) is 11.6 Å².